The van der Waals surface area contributed by atoms with Crippen LogP contribution in [0.25, 0.3) is 0 Å². The summed E-state index contributed by atoms with van der Waals surface area (Å²) in [6, 6.07) is 7.16. The van der Waals surface area contributed by atoms with Gasteiger partial charge in [0.05, 0.1) is 17.2 Å². The molecule has 0 spiro atoms. The maximum atomic E-state index is 12.0. The Morgan fingerprint density at radius 3 is 2.55 bits per heavy atom. The van der Waals surface area contributed by atoms with Crippen molar-refractivity contribution in [2.75, 3.05) is 0 Å². The predicted octanol–water partition coefficient (Wildman–Crippen LogP) is 2.12. The Bertz CT molecular complexity index is 839. The van der Waals surface area contributed by atoms with E-state index in [9.17, 15) is 18.5 Å². The van der Waals surface area contributed by atoms with Gasteiger partial charge in [-0.1, -0.05) is 6.07 Å². The number of nitrogens with zero attached hydrogens (tertiary/aromatic N) is 2. The van der Waals surface area contributed by atoms with Gasteiger partial charge in [-0.2, -0.15) is 18.4 Å². The van der Waals surface area contributed by atoms with E-state index in [1.807, 2.05) is 11.8 Å². The number of nitrogens with one attached hydrogen (secondary N) is 1. The van der Waals surface area contributed by atoms with Crippen molar-refractivity contribution in [3.63, 3.8) is 0 Å². The van der Waals surface area contributed by atoms with Crippen LogP contribution in [0.15, 0.2) is 44.7 Å². The Balaban J connectivity index is 2.13. The van der Waals surface area contributed by atoms with Gasteiger partial charge in [-0.15, -0.1) is 0 Å². The van der Waals surface area contributed by atoms with Crippen LogP contribution in [0.5, 0.6) is 0 Å². The molecule has 0 fully saturated rings. The summed E-state index contributed by atoms with van der Waals surface area (Å²) in [5.74, 6) is -0.382. The molecule has 0 bridgehead atoms. The van der Waals surface area contributed by atoms with Crippen LogP contribution in [-0.4, -0.2) is 19.6 Å². The van der Waals surface area contributed by atoms with E-state index in [-0.39, 0.29) is 10.7 Å². The Morgan fingerprint density at radius 1 is 1.23 bits per heavy atom. The molecule has 0 aliphatic heterocycles. The van der Waals surface area contributed by atoms with Gasteiger partial charge in [0.15, 0.2) is 5.76 Å². The molecule has 8 nitrogen and oxygen atoms in total. The summed E-state index contributed by atoms with van der Waals surface area (Å²) in [5, 5.41) is 14.0. The normalized spacial score (nSPS) is 11.7. The first-order valence-corrected chi connectivity index (χ1v) is 7.64. The molecule has 1 heterocycles. The van der Waals surface area contributed by atoms with Crippen LogP contribution >= 0.6 is 0 Å². The van der Waals surface area contributed by atoms with E-state index in [2.05, 4.69) is 5.10 Å². The molecule has 0 atom stereocenters. The van der Waals surface area contributed by atoms with Gasteiger partial charge in [0.25, 0.3) is 10.0 Å². The van der Waals surface area contributed by atoms with Crippen LogP contribution in [-0.2, 0) is 10.0 Å². The Labute approximate surface area is 126 Å². The summed E-state index contributed by atoms with van der Waals surface area (Å²) in [6.45, 7) is 3.68. The second-order valence-electron chi connectivity index (χ2n) is 4.53. The fraction of sp³-hybridized carbons (Fsp3) is 0.154. The van der Waals surface area contributed by atoms with Gasteiger partial charge < -0.3 is 4.42 Å². The summed E-state index contributed by atoms with van der Waals surface area (Å²) in [7, 11) is -3.80. The molecule has 0 saturated carbocycles. The average Bonchev–Trinajstić information content (AvgIpc) is 2.90. The molecule has 0 unspecified atom stereocenters. The van der Waals surface area contributed by atoms with Crippen LogP contribution in [0.3, 0.4) is 0 Å². The lowest BCUT2D eigenvalue weighted by molar-refractivity contribution is -0.402. The van der Waals surface area contributed by atoms with Crippen LogP contribution in [0, 0.1) is 24.0 Å². The summed E-state index contributed by atoms with van der Waals surface area (Å²) in [6.07, 6.45) is 1.05. The fourth-order valence-corrected chi connectivity index (χ4v) is 2.48. The molecule has 0 aliphatic carbocycles. The van der Waals surface area contributed by atoms with Crippen molar-refractivity contribution >= 4 is 22.1 Å². The minimum atomic E-state index is -3.80. The third kappa shape index (κ3) is 3.50. The Hall–Kier alpha value is -2.68. The highest BCUT2D eigenvalue weighted by atomic mass is 32.2. The molecule has 22 heavy (non-hydrogen) atoms. The van der Waals surface area contributed by atoms with Crippen molar-refractivity contribution in [1.82, 2.24) is 4.83 Å². The highest BCUT2D eigenvalue weighted by Crippen LogP contribution is 2.15. The molecule has 1 aromatic carbocycles. The highest BCUT2D eigenvalue weighted by molar-refractivity contribution is 7.89. The van der Waals surface area contributed by atoms with Crippen molar-refractivity contribution in [2.45, 2.75) is 18.7 Å². The number of furan rings is 1. The summed E-state index contributed by atoms with van der Waals surface area (Å²) in [5.41, 5.74) is 1.82. The first-order valence-electron chi connectivity index (χ1n) is 6.16. The molecule has 0 aliphatic rings. The lowest BCUT2D eigenvalue weighted by Crippen LogP contribution is -2.18. The SMILES string of the molecule is Cc1ccc(S(=O)(=O)N/N=C/c2ccc([N+](=O)[O-])o2)cc1C. The van der Waals surface area contributed by atoms with Gasteiger partial charge in [-0.05, 0) is 43.2 Å². The molecule has 0 saturated heterocycles. The minimum Gasteiger partial charge on any atom is -0.400 e. The van der Waals surface area contributed by atoms with Crippen molar-refractivity contribution in [2.24, 2.45) is 5.10 Å². The molecule has 0 amide bonds. The van der Waals surface area contributed by atoms with Gasteiger partial charge >= 0.3 is 5.88 Å². The van der Waals surface area contributed by atoms with E-state index >= 15 is 0 Å². The molecular formula is C13H13N3O5S. The topological polar surface area (TPSA) is 115 Å². The second kappa shape index (κ2) is 5.98. The monoisotopic (exact) mass is 323 g/mol. The van der Waals surface area contributed by atoms with Crippen molar-refractivity contribution in [1.29, 1.82) is 0 Å². The molecule has 1 aromatic heterocycles. The first kappa shape index (κ1) is 15.7. The van der Waals surface area contributed by atoms with Crippen molar-refractivity contribution < 1.29 is 17.8 Å². The zero-order chi connectivity index (χ0) is 16.3. The number of benzene rings is 1. The lowest BCUT2D eigenvalue weighted by Gasteiger charge is -2.05. The Morgan fingerprint density at radius 2 is 1.95 bits per heavy atom. The van der Waals surface area contributed by atoms with Gasteiger partial charge in [-0.3, -0.25) is 10.1 Å². The highest BCUT2D eigenvalue weighted by Gasteiger charge is 2.14. The van der Waals surface area contributed by atoms with Crippen molar-refractivity contribution in [3.8, 4) is 0 Å². The van der Waals surface area contributed by atoms with Crippen LogP contribution in [0.1, 0.15) is 16.9 Å². The molecule has 9 heteroatoms. The lowest BCUT2D eigenvalue weighted by atomic mass is 10.1. The zero-order valence-electron chi connectivity index (χ0n) is 11.8. The van der Waals surface area contributed by atoms with E-state index in [1.165, 1.54) is 18.2 Å². The average molecular weight is 323 g/mol. The van der Waals surface area contributed by atoms with Gasteiger partial charge in [0, 0.05) is 0 Å². The smallest absolute Gasteiger partial charge is 0.400 e. The van der Waals surface area contributed by atoms with Gasteiger partial charge in [0.2, 0.25) is 0 Å². The molecule has 2 rings (SSSR count). The quantitative estimate of drug-likeness (QED) is 0.514. The third-order valence-corrected chi connectivity index (χ3v) is 4.17. The number of hydrogen-bond acceptors (Lipinski definition) is 6. The zero-order valence-corrected chi connectivity index (χ0v) is 12.6. The van der Waals surface area contributed by atoms with E-state index in [0.717, 1.165) is 23.4 Å². The molecule has 116 valence electrons. The first-order chi connectivity index (χ1) is 10.3. The molecule has 1 N–H and O–H groups in total. The van der Waals surface area contributed by atoms with E-state index in [1.54, 1.807) is 13.0 Å². The Kier molecular flexibility index (Phi) is 4.27. The number of nitro groups is 1. The molecule has 0 radical (unpaired) electrons. The van der Waals surface area contributed by atoms with Crippen LogP contribution < -0.4 is 4.83 Å². The van der Waals surface area contributed by atoms with Crippen molar-refractivity contribution in [3.05, 3.63) is 57.3 Å². The maximum Gasteiger partial charge on any atom is 0.433 e. The number of hydrazone groups is 1. The van der Waals surface area contributed by atoms with Crippen LogP contribution in [0.2, 0.25) is 0 Å². The predicted molar refractivity (Wildman–Crippen MR) is 79.2 cm³/mol. The van der Waals surface area contributed by atoms with Gasteiger partial charge in [0.1, 0.15) is 4.92 Å². The van der Waals surface area contributed by atoms with E-state index in [0.29, 0.717) is 0 Å². The number of aryl methyl sites for hydroxylation is 2. The summed E-state index contributed by atoms with van der Waals surface area (Å²) in [4.78, 5) is 11.9. The molecular weight excluding hydrogens is 310 g/mol. The summed E-state index contributed by atoms with van der Waals surface area (Å²) >= 11 is 0. The largest absolute Gasteiger partial charge is 0.433 e. The third-order valence-electron chi connectivity index (χ3n) is 2.95. The van der Waals surface area contributed by atoms with E-state index in [4.69, 9.17) is 4.42 Å². The second-order valence-corrected chi connectivity index (χ2v) is 6.19. The fourth-order valence-electron chi connectivity index (χ4n) is 1.60. The number of rotatable bonds is 5. The van der Waals surface area contributed by atoms with Gasteiger partial charge in [-0.25, -0.2) is 0 Å². The molecule has 2 aromatic rings. The minimum absolute atomic E-state index is 0.0643. The van der Waals surface area contributed by atoms with E-state index < -0.39 is 20.8 Å². The number of sulfonamides is 1. The number of hydrogen-bond donors (Lipinski definition) is 1. The maximum absolute atomic E-state index is 12.0. The summed E-state index contributed by atoms with van der Waals surface area (Å²) < 4.78 is 28.9. The van der Waals surface area contributed by atoms with Crippen LogP contribution in [0.4, 0.5) is 5.88 Å². The standard InChI is InChI=1S/C13H13N3O5S/c1-9-3-5-12(7-10(9)2)22(19,20)15-14-8-11-4-6-13(21-11)16(17)18/h3-8,15H,1-2H3/b14-8+.